The molecule has 4 nitrogen and oxygen atoms in total. The number of rotatable bonds is 5. The van der Waals surface area contributed by atoms with Gasteiger partial charge >= 0.3 is 6.03 Å². The fraction of sp³-hybridized carbons (Fsp3) is 0.269. The molecule has 4 heteroatoms. The molecule has 3 aromatic rings. The molecular weight excluding hydrogens is 370 g/mol. The minimum absolute atomic E-state index is 0.0341. The second-order valence-electron chi connectivity index (χ2n) is 7.83. The van der Waals surface area contributed by atoms with Gasteiger partial charge in [-0.2, -0.15) is 0 Å². The van der Waals surface area contributed by atoms with Gasteiger partial charge in [-0.25, -0.2) is 4.79 Å². The molecule has 1 aliphatic rings. The van der Waals surface area contributed by atoms with Crippen LogP contribution in [0.1, 0.15) is 17.5 Å². The Morgan fingerprint density at radius 3 is 2.23 bits per heavy atom. The van der Waals surface area contributed by atoms with Crippen molar-refractivity contribution in [2.24, 2.45) is 0 Å². The lowest BCUT2D eigenvalue weighted by molar-refractivity contribution is 0.197. The van der Waals surface area contributed by atoms with Crippen LogP contribution in [0.15, 0.2) is 84.9 Å². The number of carbonyl (C=O) groups is 1. The van der Waals surface area contributed by atoms with Crippen molar-refractivity contribution in [2.75, 3.05) is 26.2 Å². The maximum Gasteiger partial charge on any atom is 0.317 e. The van der Waals surface area contributed by atoms with Gasteiger partial charge < -0.3 is 10.2 Å². The molecule has 3 aromatic carbocycles. The maximum absolute atomic E-state index is 12.6. The van der Waals surface area contributed by atoms with Crippen LogP contribution >= 0.6 is 0 Å². The lowest BCUT2D eigenvalue weighted by atomic mass is 10.0. The van der Waals surface area contributed by atoms with Crippen LogP contribution in [0.2, 0.25) is 0 Å². The first-order chi connectivity index (χ1) is 14.8. The number of nitrogens with zero attached hydrogens (tertiary/aromatic N) is 2. The Labute approximate surface area is 179 Å². The van der Waals surface area contributed by atoms with Crippen molar-refractivity contribution in [3.8, 4) is 11.1 Å². The molecule has 0 spiro atoms. The standard InChI is InChI=1S/C26H29N3O/c30-26(27-20-22-9-3-1-4-10-22)29-16-8-15-28(17-18-29)21-23-11-7-14-25(19-23)24-12-5-2-6-13-24/h1-7,9-14,19H,8,15-18,20-21H2,(H,27,30). The van der Waals surface area contributed by atoms with Crippen LogP contribution in [-0.2, 0) is 13.1 Å². The molecule has 0 unspecified atom stereocenters. The Morgan fingerprint density at radius 2 is 1.43 bits per heavy atom. The predicted octanol–water partition coefficient (Wildman–Crippen LogP) is 4.77. The molecule has 1 heterocycles. The molecule has 154 valence electrons. The fourth-order valence-electron chi connectivity index (χ4n) is 3.96. The minimum atomic E-state index is 0.0341. The van der Waals surface area contributed by atoms with E-state index >= 15 is 0 Å². The quantitative estimate of drug-likeness (QED) is 0.671. The molecule has 0 radical (unpaired) electrons. The van der Waals surface area contributed by atoms with Gasteiger partial charge in [-0.05, 0) is 34.7 Å². The molecule has 0 saturated carbocycles. The number of benzene rings is 3. The summed E-state index contributed by atoms with van der Waals surface area (Å²) in [5.41, 5.74) is 4.94. The number of amides is 2. The second-order valence-corrected chi connectivity index (χ2v) is 7.83. The SMILES string of the molecule is O=C(NCc1ccccc1)N1CCCN(Cc2cccc(-c3ccccc3)c2)CC1. The van der Waals surface area contributed by atoms with Crippen molar-refractivity contribution < 1.29 is 4.79 Å². The van der Waals surface area contributed by atoms with Crippen molar-refractivity contribution in [3.63, 3.8) is 0 Å². The third-order valence-electron chi connectivity index (χ3n) is 5.60. The maximum atomic E-state index is 12.6. The molecule has 30 heavy (non-hydrogen) atoms. The number of nitrogens with one attached hydrogen (secondary N) is 1. The smallest absolute Gasteiger partial charge is 0.317 e. The Hall–Kier alpha value is -3.11. The van der Waals surface area contributed by atoms with Crippen LogP contribution in [-0.4, -0.2) is 42.0 Å². The summed E-state index contributed by atoms with van der Waals surface area (Å²) >= 11 is 0. The normalized spacial score (nSPS) is 14.9. The van der Waals surface area contributed by atoms with Crippen LogP contribution in [0, 0.1) is 0 Å². The van der Waals surface area contributed by atoms with E-state index in [0.717, 1.165) is 44.7 Å². The van der Waals surface area contributed by atoms with E-state index in [-0.39, 0.29) is 6.03 Å². The van der Waals surface area contributed by atoms with Crippen LogP contribution in [0.3, 0.4) is 0 Å². The highest BCUT2D eigenvalue weighted by Gasteiger charge is 2.19. The molecule has 0 bridgehead atoms. The van der Waals surface area contributed by atoms with Gasteiger partial charge in [0.1, 0.15) is 0 Å². The molecule has 2 amide bonds. The summed E-state index contributed by atoms with van der Waals surface area (Å²) in [6.07, 6.45) is 0.997. The fourth-order valence-corrected chi connectivity index (χ4v) is 3.96. The third-order valence-corrected chi connectivity index (χ3v) is 5.60. The van der Waals surface area contributed by atoms with Crippen LogP contribution in [0.25, 0.3) is 11.1 Å². The Bertz CT molecular complexity index is 943. The molecule has 0 atom stereocenters. The number of hydrogen-bond acceptors (Lipinski definition) is 2. The molecule has 1 N–H and O–H groups in total. The number of carbonyl (C=O) groups excluding carboxylic acids is 1. The van der Waals surface area contributed by atoms with Crippen molar-refractivity contribution in [3.05, 3.63) is 96.1 Å². The Balaban J connectivity index is 1.31. The van der Waals surface area contributed by atoms with Crippen molar-refractivity contribution in [1.82, 2.24) is 15.1 Å². The van der Waals surface area contributed by atoms with Crippen LogP contribution in [0.5, 0.6) is 0 Å². The topological polar surface area (TPSA) is 35.6 Å². The number of hydrogen-bond donors (Lipinski definition) is 1. The van der Waals surface area contributed by atoms with Crippen molar-refractivity contribution in [2.45, 2.75) is 19.5 Å². The van der Waals surface area contributed by atoms with Crippen LogP contribution in [0.4, 0.5) is 4.79 Å². The number of urea groups is 1. The van der Waals surface area contributed by atoms with E-state index in [9.17, 15) is 4.79 Å². The predicted molar refractivity (Wildman–Crippen MR) is 122 cm³/mol. The van der Waals surface area contributed by atoms with Crippen molar-refractivity contribution >= 4 is 6.03 Å². The van der Waals surface area contributed by atoms with Gasteiger partial charge in [-0.15, -0.1) is 0 Å². The summed E-state index contributed by atoms with van der Waals surface area (Å²) in [6.45, 7) is 4.97. The Kier molecular flexibility index (Phi) is 6.78. The van der Waals surface area contributed by atoms with Gasteiger partial charge in [0.2, 0.25) is 0 Å². The van der Waals surface area contributed by atoms with E-state index < -0.39 is 0 Å². The molecule has 1 aliphatic heterocycles. The molecule has 4 rings (SSSR count). The molecule has 0 aromatic heterocycles. The molecular formula is C26H29N3O. The van der Waals surface area contributed by atoms with Gasteiger partial charge in [-0.1, -0.05) is 78.9 Å². The average Bonchev–Trinajstić information content (AvgIpc) is 3.05. The Morgan fingerprint density at radius 1 is 0.733 bits per heavy atom. The largest absolute Gasteiger partial charge is 0.334 e. The molecule has 0 aliphatic carbocycles. The molecule has 1 fully saturated rings. The first kappa shape index (κ1) is 20.2. The zero-order chi connectivity index (χ0) is 20.6. The first-order valence-electron chi connectivity index (χ1n) is 10.7. The van der Waals surface area contributed by atoms with Gasteiger partial charge in [0.25, 0.3) is 0 Å². The average molecular weight is 400 g/mol. The van der Waals surface area contributed by atoms with Crippen molar-refractivity contribution in [1.29, 1.82) is 0 Å². The third kappa shape index (κ3) is 5.49. The molecule has 1 saturated heterocycles. The highest BCUT2D eigenvalue weighted by atomic mass is 16.2. The summed E-state index contributed by atoms with van der Waals surface area (Å²) in [7, 11) is 0. The lowest BCUT2D eigenvalue weighted by Crippen LogP contribution is -2.41. The summed E-state index contributed by atoms with van der Waals surface area (Å²) in [5, 5.41) is 3.06. The van der Waals surface area contributed by atoms with E-state index in [1.807, 2.05) is 41.3 Å². The van der Waals surface area contributed by atoms with Gasteiger partial charge in [0, 0.05) is 39.3 Å². The van der Waals surface area contributed by atoms with E-state index in [4.69, 9.17) is 0 Å². The highest BCUT2D eigenvalue weighted by Crippen LogP contribution is 2.21. The van der Waals surface area contributed by atoms with E-state index in [0.29, 0.717) is 6.54 Å². The highest BCUT2D eigenvalue weighted by molar-refractivity contribution is 5.74. The summed E-state index contributed by atoms with van der Waals surface area (Å²) in [6, 6.07) is 29.4. The first-order valence-corrected chi connectivity index (χ1v) is 10.7. The van der Waals surface area contributed by atoms with Gasteiger partial charge in [-0.3, -0.25) is 4.90 Å². The lowest BCUT2D eigenvalue weighted by Gasteiger charge is -2.22. The second kappa shape index (κ2) is 10.1. The summed E-state index contributed by atoms with van der Waals surface area (Å²) in [4.78, 5) is 17.0. The monoisotopic (exact) mass is 399 g/mol. The van der Waals surface area contributed by atoms with E-state index in [1.54, 1.807) is 0 Å². The van der Waals surface area contributed by atoms with Crippen LogP contribution < -0.4 is 5.32 Å². The van der Waals surface area contributed by atoms with Gasteiger partial charge in [0.15, 0.2) is 0 Å². The van der Waals surface area contributed by atoms with E-state index in [2.05, 4.69) is 58.7 Å². The zero-order valence-electron chi connectivity index (χ0n) is 17.3. The zero-order valence-corrected chi connectivity index (χ0v) is 17.3. The van der Waals surface area contributed by atoms with Gasteiger partial charge in [0.05, 0.1) is 0 Å². The summed E-state index contributed by atoms with van der Waals surface area (Å²) < 4.78 is 0. The van der Waals surface area contributed by atoms with E-state index in [1.165, 1.54) is 16.7 Å². The summed E-state index contributed by atoms with van der Waals surface area (Å²) in [5.74, 6) is 0. The minimum Gasteiger partial charge on any atom is -0.334 e.